The van der Waals surface area contributed by atoms with Gasteiger partial charge >= 0.3 is 11.9 Å². The molecule has 168 valence electrons. The Hall–Kier alpha value is -2.52. The number of aliphatic hydroxyl groups is 2. The highest BCUT2D eigenvalue weighted by atomic mass is 35.5. The second-order valence-electron chi connectivity index (χ2n) is 6.86. The average Bonchev–Trinajstić information content (AvgIpc) is 2.76. The van der Waals surface area contributed by atoms with Crippen LogP contribution in [0.2, 0.25) is 5.02 Å². The van der Waals surface area contributed by atoms with Crippen molar-refractivity contribution in [3.05, 3.63) is 63.9 Å². The van der Waals surface area contributed by atoms with Gasteiger partial charge in [0.05, 0.1) is 38.2 Å². The first-order valence-electron chi connectivity index (χ1n) is 9.66. The summed E-state index contributed by atoms with van der Waals surface area (Å²) in [5.41, 5.74) is -0.774. The third-order valence-corrected chi connectivity index (χ3v) is 5.18. The summed E-state index contributed by atoms with van der Waals surface area (Å²) in [7, 11) is 1.24. The minimum atomic E-state index is -2.36. The summed E-state index contributed by atoms with van der Waals surface area (Å²) in [6, 6.07) is 8.24. The van der Waals surface area contributed by atoms with Crippen LogP contribution in [0.1, 0.15) is 34.1 Å². The summed E-state index contributed by atoms with van der Waals surface area (Å²) < 4.78 is 15.2. The number of nitrogens with zero attached hydrogens (tertiary/aromatic N) is 1. The molecule has 0 saturated carbocycles. The molecule has 1 aromatic heterocycles. The average molecular weight is 452 g/mol. The molecule has 2 rings (SSSR count). The predicted molar refractivity (Wildman–Crippen MR) is 113 cm³/mol. The van der Waals surface area contributed by atoms with Crippen LogP contribution in [-0.2, 0) is 32.0 Å². The van der Waals surface area contributed by atoms with Crippen LogP contribution < -0.4 is 0 Å². The zero-order chi connectivity index (χ0) is 23.0. The van der Waals surface area contributed by atoms with E-state index in [1.165, 1.54) is 19.2 Å². The Morgan fingerprint density at radius 3 is 2.61 bits per heavy atom. The van der Waals surface area contributed by atoms with Crippen LogP contribution in [0.15, 0.2) is 36.5 Å². The molecule has 8 nitrogen and oxygen atoms in total. The number of esters is 2. The van der Waals surface area contributed by atoms with Gasteiger partial charge in [0.2, 0.25) is 0 Å². The van der Waals surface area contributed by atoms with Crippen molar-refractivity contribution in [3.8, 4) is 0 Å². The SMILES string of the molecule is CCOC(=O)C(O)(Cc1c(Cl)ccc(C(=O)OC)c1C)C(O)COCc1ccccn1. The Labute approximate surface area is 185 Å². The molecule has 9 heteroatoms. The molecule has 2 aromatic rings. The molecule has 2 unspecified atom stereocenters. The molecule has 1 heterocycles. The van der Waals surface area contributed by atoms with Gasteiger partial charge in [-0.3, -0.25) is 4.98 Å². The van der Waals surface area contributed by atoms with Crippen molar-refractivity contribution in [1.82, 2.24) is 4.98 Å². The van der Waals surface area contributed by atoms with Crippen LogP contribution in [-0.4, -0.2) is 59.2 Å². The number of hydrogen-bond donors (Lipinski definition) is 2. The van der Waals surface area contributed by atoms with E-state index < -0.39 is 30.1 Å². The first-order valence-corrected chi connectivity index (χ1v) is 10.0. The number of pyridine rings is 1. The standard InChI is InChI=1S/C22H26ClNO7/c1-4-31-21(27)22(28,19(25)13-30-12-15-7-5-6-10-24-15)11-17-14(2)16(20(26)29-3)8-9-18(17)23/h5-10,19,25,28H,4,11-13H2,1-3H3. The van der Waals surface area contributed by atoms with E-state index in [2.05, 4.69) is 4.98 Å². The maximum atomic E-state index is 12.6. The van der Waals surface area contributed by atoms with Gasteiger partial charge in [0, 0.05) is 17.6 Å². The molecule has 2 N–H and O–H groups in total. The molecule has 1 aromatic carbocycles. The van der Waals surface area contributed by atoms with E-state index in [9.17, 15) is 19.8 Å². The molecular formula is C22H26ClNO7. The van der Waals surface area contributed by atoms with Gasteiger partial charge < -0.3 is 24.4 Å². The van der Waals surface area contributed by atoms with E-state index in [-0.39, 0.29) is 30.4 Å². The normalized spacial score (nSPS) is 13.9. The van der Waals surface area contributed by atoms with Crippen molar-refractivity contribution >= 4 is 23.5 Å². The molecule has 0 fully saturated rings. The number of aliphatic hydroxyl groups excluding tert-OH is 1. The van der Waals surface area contributed by atoms with E-state index in [1.807, 2.05) is 0 Å². The number of ether oxygens (including phenoxy) is 3. The topological polar surface area (TPSA) is 115 Å². The van der Waals surface area contributed by atoms with Gasteiger partial charge in [0.25, 0.3) is 0 Å². The molecule has 0 aliphatic rings. The van der Waals surface area contributed by atoms with E-state index >= 15 is 0 Å². The van der Waals surface area contributed by atoms with Crippen LogP contribution in [0, 0.1) is 6.92 Å². The molecule has 31 heavy (non-hydrogen) atoms. The number of aromatic nitrogens is 1. The molecule has 0 radical (unpaired) electrons. The molecular weight excluding hydrogens is 426 g/mol. The lowest BCUT2D eigenvalue weighted by molar-refractivity contribution is -0.183. The molecule has 0 aliphatic carbocycles. The van der Waals surface area contributed by atoms with Crippen molar-refractivity contribution in [2.75, 3.05) is 20.3 Å². The highest BCUT2D eigenvalue weighted by Gasteiger charge is 2.46. The van der Waals surface area contributed by atoms with Crippen molar-refractivity contribution in [1.29, 1.82) is 0 Å². The van der Waals surface area contributed by atoms with Crippen molar-refractivity contribution in [2.45, 2.75) is 38.6 Å². The van der Waals surface area contributed by atoms with Crippen LogP contribution in [0.5, 0.6) is 0 Å². The second kappa shape index (κ2) is 11.2. The van der Waals surface area contributed by atoms with Crippen LogP contribution in [0.25, 0.3) is 0 Å². The zero-order valence-electron chi connectivity index (χ0n) is 17.6. The quantitative estimate of drug-likeness (QED) is 0.528. The Bertz CT molecular complexity index is 906. The van der Waals surface area contributed by atoms with E-state index in [0.29, 0.717) is 16.8 Å². The first kappa shape index (κ1) is 24.7. The predicted octanol–water partition coefficient (Wildman–Crippen LogP) is 2.24. The molecule has 0 spiro atoms. The molecule has 2 atom stereocenters. The lowest BCUT2D eigenvalue weighted by atomic mass is 9.86. The summed E-state index contributed by atoms with van der Waals surface area (Å²) in [6.07, 6.45) is -0.425. The summed E-state index contributed by atoms with van der Waals surface area (Å²) >= 11 is 6.29. The van der Waals surface area contributed by atoms with Crippen LogP contribution in [0.3, 0.4) is 0 Å². The van der Waals surface area contributed by atoms with Gasteiger partial charge in [0.15, 0.2) is 5.60 Å². The fourth-order valence-corrected chi connectivity index (χ4v) is 3.29. The number of carbonyl (C=O) groups excluding carboxylic acids is 2. The fraction of sp³-hybridized carbons (Fsp3) is 0.409. The molecule has 0 aliphatic heterocycles. The highest BCUT2D eigenvalue weighted by Crippen LogP contribution is 2.30. The van der Waals surface area contributed by atoms with Gasteiger partial charge in [-0.1, -0.05) is 17.7 Å². The number of benzene rings is 1. The number of carbonyl (C=O) groups is 2. The Kier molecular flexibility index (Phi) is 8.94. The Morgan fingerprint density at radius 2 is 2.00 bits per heavy atom. The Morgan fingerprint density at radius 1 is 1.26 bits per heavy atom. The number of methoxy groups -OCH3 is 1. The fourth-order valence-electron chi connectivity index (χ4n) is 3.02. The van der Waals surface area contributed by atoms with Gasteiger partial charge in [-0.2, -0.15) is 0 Å². The number of halogens is 1. The minimum Gasteiger partial charge on any atom is -0.465 e. The van der Waals surface area contributed by atoms with Crippen molar-refractivity contribution < 1.29 is 34.0 Å². The number of hydrogen-bond acceptors (Lipinski definition) is 8. The maximum absolute atomic E-state index is 12.6. The van der Waals surface area contributed by atoms with Crippen LogP contribution >= 0.6 is 11.6 Å². The Balaban J connectivity index is 2.28. The van der Waals surface area contributed by atoms with Gasteiger partial charge in [0.1, 0.15) is 6.10 Å². The summed E-state index contributed by atoms with van der Waals surface area (Å²) in [5.74, 6) is -1.61. The lowest BCUT2D eigenvalue weighted by Gasteiger charge is -2.31. The van der Waals surface area contributed by atoms with E-state index in [1.54, 1.807) is 38.2 Å². The number of rotatable bonds is 10. The monoisotopic (exact) mass is 451 g/mol. The minimum absolute atomic E-state index is 0.00241. The molecule has 0 amide bonds. The van der Waals surface area contributed by atoms with Gasteiger partial charge in [-0.15, -0.1) is 0 Å². The second-order valence-corrected chi connectivity index (χ2v) is 7.27. The summed E-state index contributed by atoms with van der Waals surface area (Å²) in [6.45, 7) is 2.91. The van der Waals surface area contributed by atoms with Crippen LogP contribution in [0.4, 0.5) is 0 Å². The zero-order valence-corrected chi connectivity index (χ0v) is 18.4. The third-order valence-electron chi connectivity index (χ3n) is 4.82. The third kappa shape index (κ3) is 6.01. The highest BCUT2D eigenvalue weighted by molar-refractivity contribution is 6.31. The first-order chi connectivity index (χ1) is 14.7. The van der Waals surface area contributed by atoms with E-state index in [4.69, 9.17) is 25.8 Å². The van der Waals surface area contributed by atoms with E-state index in [0.717, 1.165) is 0 Å². The molecule has 0 bridgehead atoms. The van der Waals surface area contributed by atoms with Gasteiger partial charge in [-0.05, 0) is 49.2 Å². The molecule has 0 saturated heterocycles. The summed E-state index contributed by atoms with van der Waals surface area (Å²) in [4.78, 5) is 28.7. The van der Waals surface area contributed by atoms with Crippen molar-refractivity contribution in [3.63, 3.8) is 0 Å². The largest absolute Gasteiger partial charge is 0.465 e. The van der Waals surface area contributed by atoms with Gasteiger partial charge in [-0.25, -0.2) is 9.59 Å². The lowest BCUT2D eigenvalue weighted by Crippen LogP contribution is -2.54. The smallest absolute Gasteiger partial charge is 0.341 e. The van der Waals surface area contributed by atoms with Crippen molar-refractivity contribution in [2.24, 2.45) is 0 Å². The maximum Gasteiger partial charge on any atom is 0.341 e. The summed E-state index contributed by atoms with van der Waals surface area (Å²) in [5, 5.41) is 22.1.